The molecule has 0 spiro atoms. The maximum absolute atomic E-state index is 12.4. The molecule has 1 aromatic carbocycles. The fraction of sp³-hybridized carbons (Fsp3) is 0.455. The maximum Gasteiger partial charge on any atom is 0.251 e. The third-order valence-corrected chi connectivity index (χ3v) is 7.77. The molecule has 0 atom stereocenters. The highest BCUT2D eigenvalue weighted by Gasteiger charge is 2.20. The lowest BCUT2D eigenvalue weighted by Crippen LogP contribution is -2.38. The van der Waals surface area contributed by atoms with Crippen molar-refractivity contribution in [3.63, 3.8) is 0 Å². The van der Waals surface area contributed by atoms with Crippen LogP contribution in [0.5, 0.6) is 0 Å². The van der Waals surface area contributed by atoms with Crippen LogP contribution in [0.1, 0.15) is 47.3 Å². The molecule has 2 amide bonds. The van der Waals surface area contributed by atoms with E-state index in [0.717, 1.165) is 30.6 Å². The summed E-state index contributed by atoms with van der Waals surface area (Å²) < 4.78 is 27.4. The molecule has 3 rings (SSSR count). The number of benzene rings is 1. The van der Waals surface area contributed by atoms with Gasteiger partial charge in [0.25, 0.3) is 5.91 Å². The van der Waals surface area contributed by atoms with E-state index >= 15 is 0 Å². The van der Waals surface area contributed by atoms with Gasteiger partial charge in [0.1, 0.15) is 0 Å². The second-order valence-electron chi connectivity index (χ2n) is 7.63. The lowest BCUT2D eigenvalue weighted by Gasteiger charge is -2.20. The number of hydrogen-bond acceptors (Lipinski definition) is 5. The van der Waals surface area contributed by atoms with Crippen molar-refractivity contribution in [2.24, 2.45) is 5.92 Å². The van der Waals surface area contributed by atoms with E-state index in [1.165, 1.54) is 30.7 Å². The first-order chi connectivity index (χ1) is 15.0. The summed E-state index contributed by atoms with van der Waals surface area (Å²) in [6.45, 7) is 1.01. The molecule has 0 saturated heterocycles. The molecule has 2 aromatic rings. The Morgan fingerprint density at radius 1 is 0.935 bits per heavy atom. The standard InChI is InChI=1S/C22H29N3O4S2/c26-21(17-5-2-1-3-6-17)23-14-15-24-22(27)18-8-10-20(11-9-18)31(28,29)25-13-12-19-7-4-16-30-19/h4,7-11,16-17,25H,1-3,5-6,12-15H2,(H,23,26)(H,24,27). The number of amides is 2. The summed E-state index contributed by atoms with van der Waals surface area (Å²) in [5, 5.41) is 7.58. The smallest absolute Gasteiger partial charge is 0.251 e. The number of carbonyl (C=O) groups is 2. The summed E-state index contributed by atoms with van der Waals surface area (Å²) in [6, 6.07) is 9.73. The Hall–Kier alpha value is -2.23. The lowest BCUT2D eigenvalue weighted by atomic mass is 9.89. The summed E-state index contributed by atoms with van der Waals surface area (Å²) in [7, 11) is -3.62. The Morgan fingerprint density at radius 2 is 1.65 bits per heavy atom. The van der Waals surface area contributed by atoms with Crippen molar-refractivity contribution in [2.75, 3.05) is 19.6 Å². The number of hydrogen-bond donors (Lipinski definition) is 3. The Kier molecular flexibility index (Phi) is 8.62. The second kappa shape index (κ2) is 11.4. The molecule has 1 heterocycles. The van der Waals surface area contributed by atoms with Gasteiger partial charge in [-0.2, -0.15) is 0 Å². The van der Waals surface area contributed by atoms with Crippen LogP contribution in [0.3, 0.4) is 0 Å². The molecular formula is C22H29N3O4S2. The largest absolute Gasteiger partial charge is 0.354 e. The van der Waals surface area contributed by atoms with Gasteiger partial charge in [-0.1, -0.05) is 25.3 Å². The molecular weight excluding hydrogens is 434 g/mol. The maximum atomic E-state index is 12.4. The van der Waals surface area contributed by atoms with Crippen LogP contribution in [0.15, 0.2) is 46.7 Å². The molecule has 0 unspecified atom stereocenters. The van der Waals surface area contributed by atoms with Crippen LogP contribution in [0, 0.1) is 5.92 Å². The van der Waals surface area contributed by atoms with Crippen LogP contribution < -0.4 is 15.4 Å². The molecule has 0 radical (unpaired) electrons. The zero-order valence-electron chi connectivity index (χ0n) is 17.4. The lowest BCUT2D eigenvalue weighted by molar-refractivity contribution is -0.125. The minimum absolute atomic E-state index is 0.0649. The highest BCUT2D eigenvalue weighted by Crippen LogP contribution is 2.23. The molecule has 31 heavy (non-hydrogen) atoms. The van der Waals surface area contributed by atoms with Crippen molar-refractivity contribution in [2.45, 2.75) is 43.4 Å². The van der Waals surface area contributed by atoms with Gasteiger partial charge in [-0.25, -0.2) is 13.1 Å². The summed E-state index contributed by atoms with van der Waals surface area (Å²) in [4.78, 5) is 25.6. The van der Waals surface area contributed by atoms with Crippen molar-refractivity contribution >= 4 is 33.2 Å². The minimum atomic E-state index is -3.62. The van der Waals surface area contributed by atoms with Gasteiger partial charge >= 0.3 is 0 Å². The van der Waals surface area contributed by atoms with Crippen molar-refractivity contribution in [3.05, 3.63) is 52.2 Å². The molecule has 1 aromatic heterocycles. The number of sulfonamides is 1. The zero-order valence-corrected chi connectivity index (χ0v) is 19.1. The molecule has 1 fully saturated rings. The predicted molar refractivity (Wildman–Crippen MR) is 122 cm³/mol. The molecule has 1 aliphatic carbocycles. The van der Waals surface area contributed by atoms with E-state index in [9.17, 15) is 18.0 Å². The molecule has 1 saturated carbocycles. The third-order valence-electron chi connectivity index (χ3n) is 5.36. The highest BCUT2D eigenvalue weighted by atomic mass is 32.2. The first kappa shape index (κ1) is 23.4. The van der Waals surface area contributed by atoms with Crippen LogP contribution >= 0.6 is 11.3 Å². The first-order valence-electron chi connectivity index (χ1n) is 10.6. The average molecular weight is 464 g/mol. The van der Waals surface area contributed by atoms with Crippen molar-refractivity contribution in [1.82, 2.24) is 15.4 Å². The average Bonchev–Trinajstić information content (AvgIpc) is 3.30. The van der Waals surface area contributed by atoms with Crippen LogP contribution in [0.25, 0.3) is 0 Å². The van der Waals surface area contributed by atoms with E-state index in [0.29, 0.717) is 31.6 Å². The molecule has 0 aliphatic heterocycles. The first-order valence-corrected chi connectivity index (χ1v) is 13.0. The summed E-state index contributed by atoms with van der Waals surface area (Å²) in [5.41, 5.74) is 0.371. The van der Waals surface area contributed by atoms with E-state index in [1.807, 2.05) is 17.5 Å². The Balaban J connectivity index is 1.41. The fourth-order valence-electron chi connectivity index (χ4n) is 3.61. The molecule has 1 aliphatic rings. The Morgan fingerprint density at radius 3 is 2.32 bits per heavy atom. The van der Waals surface area contributed by atoms with Crippen LogP contribution in [-0.2, 0) is 21.2 Å². The van der Waals surface area contributed by atoms with Crippen LogP contribution in [0.4, 0.5) is 0 Å². The van der Waals surface area contributed by atoms with Crippen molar-refractivity contribution < 1.29 is 18.0 Å². The summed E-state index contributed by atoms with van der Waals surface area (Å²) in [5.74, 6) is -0.144. The van der Waals surface area contributed by atoms with Gasteiger partial charge in [-0.15, -0.1) is 11.3 Å². The van der Waals surface area contributed by atoms with Crippen LogP contribution in [-0.4, -0.2) is 39.9 Å². The van der Waals surface area contributed by atoms with Gasteiger partial charge in [0, 0.05) is 36.0 Å². The van der Waals surface area contributed by atoms with Crippen LogP contribution in [0.2, 0.25) is 0 Å². The quantitative estimate of drug-likeness (QED) is 0.471. The minimum Gasteiger partial charge on any atom is -0.354 e. The predicted octanol–water partition coefficient (Wildman–Crippen LogP) is 2.70. The molecule has 3 N–H and O–H groups in total. The molecule has 0 bridgehead atoms. The van der Waals surface area contributed by atoms with Gasteiger partial charge in [0.05, 0.1) is 4.90 Å². The van der Waals surface area contributed by atoms with E-state index in [-0.39, 0.29) is 22.6 Å². The highest BCUT2D eigenvalue weighted by molar-refractivity contribution is 7.89. The Bertz CT molecular complexity index is 951. The third kappa shape index (κ3) is 7.15. The van der Waals surface area contributed by atoms with Gasteiger partial charge in [0.2, 0.25) is 15.9 Å². The van der Waals surface area contributed by atoms with E-state index in [2.05, 4.69) is 15.4 Å². The second-order valence-corrected chi connectivity index (χ2v) is 10.4. The number of thiophene rings is 1. The van der Waals surface area contributed by atoms with Crippen molar-refractivity contribution in [1.29, 1.82) is 0 Å². The zero-order chi connectivity index (χ0) is 22.1. The van der Waals surface area contributed by atoms with Gasteiger partial charge in [0.15, 0.2) is 0 Å². The molecule has 7 nitrogen and oxygen atoms in total. The fourth-order valence-corrected chi connectivity index (χ4v) is 5.35. The van der Waals surface area contributed by atoms with Gasteiger partial charge in [-0.05, 0) is 55.0 Å². The van der Waals surface area contributed by atoms with Gasteiger partial charge in [-0.3, -0.25) is 9.59 Å². The monoisotopic (exact) mass is 463 g/mol. The number of rotatable bonds is 10. The number of carbonyl (C=O) groups excluding carboxylic acids is 2. The summed E-state index contributed by atoms with van der Waals surface area (Å²) in [6.07, 6.45) is 5.92. The molecule has 168 valence electrons. The SMILES string of the molecule is O=C(NCCNC(=O)C1CCCCC1)c1ccc(S(=O)(=O)NCCc2cccs2)cc1. The summed E-state index contributed by atoms with van der Waals surface area (Å²) >= 11 is 1.59. The normalized spacial score (nSPS) is 14.8. The van der Waals surface area contributed by atoms with E-state index < -0.39 is 10.0 Å². The number of nitrogens with one attached hydrogen (secondary N) is 3. The van der Waals surface area contributed by atoms with E-state index in [4.69, 9.17) is 0 Å². The van der Waals surface area contributed by atoms with Gasteiger partial charge < -0.3 is 10.6 Å². The van der Waals surface area contributed by atoms with Crippen molar-refractivity contribution in [3.8, 4) is 0 Å². The topological polar surface area (TPSA) is 104 Å². The molecule has 9 heteroatoms. The van der Waals surface area contributed by atoms with E-state index in [1.54, 1.807) is 11.3 Å². The Labute approximate surface area is 187 Å².